The Morgan fingerprint density at radius 1 is 0.442 bits per heavy atom. The van der Waals surface area contributed by atoms with Crippen LogP contribution in [0.25, 0.3) is 0 Å². The van der Waals surface area contributed by atoms with Crippen molar-refractivity contribution in [2.24, 2.45) is 0 Å². The van der Waals surface area contributed by atoms with Crippen LogP contribution in [0.1, 0.15) is 328 Å². The van der Waals surface area contributed by atoms with Crippen LogP contribution in [-0.2, 0) is 18.4 Å². The van der Waals surface area contributed by atoms with E-state index in [0.29, 0.717) is 17.4 Å². The third kappa shape index (κ3) is 61.9. The summed E-state index contributed by atoms with van der Waals surface area (Å²) in [5, 5.41) is 13.9. The van der Waals surface area contributed by atoms with Gasteiger partial charge in [-0.1, -0.05) is 300 Å². The number of amides is 1. The summed E-state index contributed by atoms with van der Waals surface area (Å²) in [6.45, 7) is 4.66. The quantitative estimate of drug-likeness (QED) is 0.0272. The van der Waals surface area contributed by atoms with Crippen LogP contribution in [0.2, 0.25) is 0 Å². The van der Waals surface area contributed by atoms with E-state index in [2.05, 4.69) is 55.6 Å². The van der Waals surface area contributed by atoms with Gasteiger partial charge in [0, 0.05) is 6.42 Å². The summed E-state index contributed by atoms with van der Waals surface area (Å²) in [5.74, 6) is -0.207. The highest BCUT2D eigenvalue weighted by Gasteiger charge is 2.23. The highest BCUT2D eigenvalue weighted by molar-refractivity contribution is 7.45. The normalized spacial score (nSPS) is 14.0. The molecule has 0 aromatic heterocycles. The molecule has 0 aliphatic carbocycles. The molecule has 0 rings (SSSR count). The zero-order chi connectivity index (χ0) is 56.3. The van der Waals surface area contributed by atoms with Gasteiger partial charge in [-0.05, 0) is 70.6 Å². The van der Waals surface area contributed by atoms with Crippen molar-refractivity contribution in [1.82, 2.24) is 5.32 Å². The zero-order valence-electron chi connectivity index (χ0n) is 51.9. The summed E-state index contributed by atoms with van der Waals surface area (Å²) >= 11 is 0. The molecule has 0 bridgehead atoms. The number of phosphoric acid groups is 1. The molecule has 0 heterocycles. The number of phosphoric ester groups is 1. The third-order valence-electron chi connectivity index (χ3n) is 15.2. The van der Waals surface area contributed by atoms with Crippen LogP contribution in [0.5, 0.6) is 0 Å². The van der Waals surface area contributed by atoms with Crippen LogP contribution in [0.15, 0.2) is 48.6 Å². The molecule has 8 nitrogen and oxygen atoms in total. The predicted molar refractivity (Wildman–Crippen MR) is 334 cm³/mol. The Bertz CT molecular complexity index is 1390. The Morgan fingerprint density at radius 2 is 0.727 bits per heavy atom. The number of carbonyl (C=O) groups is 1. The molecule has 0 saturated heterocycles. The summed E-state index contributed by atoms with van der Waals surface area (Å²) in [4.78, 5) is 25.6. The molecular formula is C68H131N2O6P. The number of hydrogen-bond donors (Lipinski definition) is 2. The minimum atomic E-state index is -4.61. The zero-order valence-corrected chi connectivity index (χ0v) is 52.8. The lowest BCUT2D eigenvalue weighted by atomic mass is 10.0. The number of likely N-dealkylation sites (N-methyl/N-ethyl adjacent to an activating group) is 1. The van der Waals surface area contributed by atoms with Crippen LogP contribution >= 0.6 is 7.82 Å². The summed E-state index contributed by atoms with van der Waals surface area (Å²) < 4.78 is 23.4. The summed E-state index contributed by atoms with van der Waals surface area (Å²) in [5.41, 5.74) is 0. The molecule has 0 spiro atoms. The van der Waals surface area contributed by atoms with Crippen molar-refractivity contribution in [2.75, 3.05) is 40.9 Å². The van der Waals surface area contributed by atoms with Gasteiger partial charge in [0.1, 0.15) is 13.2 Å². The number of carbonyl (C=O) groups excluding carboxylic acids is 1. The number of aliphatic hydroxyl groups is 1. The van der Waals surface area contributed by atoms with Gasteiger partial charge in [-0.3, -0.25) is 9.36 Å². The minimum Gasteiger partial charge on any atom is -0.756 e. The van der Waals surface area contributed by atoms with Gasteiger partial charge in [0.25, 0.3) is 7.82 Å². The van der Waals surface area contributed by atoms with Gasteiger partial charge in [-0.15, -0.1) is 0 Å². The van der Waals surface area contributed by atoms with E-state index in [4.69, 9.17) is 9.05 Å². The smallest absolute Gasteiger partial charge is 0.268 e. The molecule has 9 heteroatoms. The number of aliphatic hydroxyl groups excluding tert-OH is 1. The van der Waals surface area contributed by atoms with Gasteiger partial charge < -0.3 is 28.8 Å². The van der Waals surface area contributed by atoms with Gasteiger partial charge in [0.2, 0.25) is 5.91 Å². The first-order chi connectivity index (χ1) is 37.5. The van der Waals surface area contributed by atoms with E-state index >= 15 is 0 Å². The molecule has 0 fully saturated rings. The summed E-state index contributed by atoms with van der Waals surface area (Å²) in [6.07, 6.45) is 79.5. The number of rotatable bonds is 62. The second kappa shape index (κ2) is 59.1. The molecule has 0 aliphatic rings. The topological polar surface area (TPSA) is 108 Å². The Morgan fingerprint density at radius 3 is 1.05 bits per heavy atom. The monoisotopic (exact) mass is 1100 g/mol. The molecule has 0 aromatic rings. The molecule has 3 atom stereocenters. The number of nitrogens with zero attached hydrogens (tertiary/aromatic N) is 1. The minimum absolute atomic E-state index is 0.00846. The fourth-order valence-electron chi connectivity index (χ4n) is 10.0. The lowest BCUT2D eigenvalue weighted by Gasteiger charge is -2.29. The van der Waals surface area contributed by atoms with Crippen molar-refractivity contribution in [1.29, 1.82) is 0 Å². The Kier molecular flexibility index (Phi) is 57.9. The average Bonchev–Trinajstić information content (AvgIpc) is 3.39. The molecule has 0 radical (unpaired) electrons. The van der Waals surface area contributed by atoms with Crippen LogP contribution < -0.4 is 10.2 Å². The first kappa shape index (κ1) is 75.5. The first-order valence-electron chi connectivity index (χ1n) is 33.5. The van der Waals surface area contributed by atoms with E-state index in [9.17, 15) is 19.4 Å². The van der Waals surface area contributed by atoms with Crippen LogP contribution in [-0.4, -0.2) is 68.5 Å². The SMILES string of the molecule is CCCCCCCCCCCC/C=C/CC/C=C/CC/C=C/C(O)C(COP(=O)([O-])OCC[N+](C)(C)C)NC(=O)CCCCCCCCCCCCCCCCCCC/C=C\CCCCCCCCCCCCCCCC. The molecule has 1 amide bonds. The van der Waals surface area contributed by atoms with Crippen molar-refractivity contribution in [3.05, 3.63) is 48.6 Å². The molecule has 0 aromatic carbocycles. The predicted octanol–water partition coefficient (Wildman–Crippen LogP) is 20.4. The van der Waals surface area contributed by atoms with Gasteiger partial charge in [-0.25, -0.2) is 0 Å². The Labute approximate surface area is 479 Å². The number of unbranched alkanes of at least 4 members (excludes halogenated alkanes) is 43. The van der Waals surface area contributed by atoms with Crippen molar-refractivity contribution in [3.63, 3.8) is 0 Å². The lowest BCUT2D eigenvalue weighted by Crippen LogP contribution is -2.45. The van der Waals surface area contributed by atoms with E-state index in [1.165, 1.54) is 263 Å². The third-order valence-corrected chi connectivity index (χ3v) is 16.2. The van der Waals surface area contributed by atoms with Crippen LogP contribution in [0.3, 0.4) is 0 Å². The Balaban J connectivity index is 4.05. The van der Waals surface area contributed by atoms with E-state index in [1.54, 1.807) is 6.08 Å². The number of quaternary nitrogens is 1. The van der Waals surface area contributed by atoms with Gasteiger partial charge in [-0.2, -0.15) is 0 Å². The first-order valence-corrected chi connectivity index (χ1v) is 35.0. The standard InChI is InChI=1S/C68H131N2O6P/c1-6-8-10-12-14-16-18-20-22-24-26-28-29-30-31-32-33-34-35-36-37-38-39-40-41-42-44-46-48-50-52-54-56-58-60-62-68(72)69-66(65-76-77(73,74)75-64-63-70(3,4)5)67(71)61-59-57-55-53-51-49-47-45-43-27-25-23-21-19-17-15-13-11-9-7-2/h32-33,43,45,51,53,59,61,66-67,71H,6-31,34-42,44,46-50,52,54-58,60,62-65H2,1-5H3,(H-,69,72,73,74)/b33-32-,45-43+,53-51+,61-59+. The maximum atomic E-state index is 13.0. The fourth-order valence-corrected chi connectivity index (χ4v) is 10.7. The van der Waals surface area contributed by atoms with E-state index < -0.39 is 26.6 Å². The highest BCUT2D eigenvalue weighted by Crippen LogP contribution is 2.38. The van der Waals surface area contributed by atoms with E-state index in [1.807, 2.05) is 27.2 Å². The van der Waals surface area contributed by atoms with Gasteiger partial charge in [0.15, 0.2) is 0 Å². The largest absolute Gasteiger partial charge is 0.756 e. The number of nitrogens with one attached hydrogen (secondary N) is 1. The second-order valence-electron chi connectivity index (χ2n) is 24.2. The molecule has 77 heavy (non-hydrogen) atoms. The second-order valence-corrected chi connectivity index (χ2v) is 25.6. The molecule has 2 N–H and O–H groups in total. The van der Waals surface area contributed by atoms with Crippen molar-refractivity contribution in [3.8, 4) is 0 Å². The van der Waals surface area contributed by atoms with E-state index in [0.717, 1.165) is 44.9 Å². The Hall–Kier alpha value is -1.54. The van der Waals surface area contributed by atoms with Gasteiger partial charge >= 0.3 is 0 Å². The van der Waals surface area contributed by atoms with Gasteiger partial charge in [0.05, 0.1) is 39.9 Å². The van der Waals surface area contributed by atoms with E-state index in [-0.39, 0.29) is 12.5 Å². The molecule has 0 aliphatic heterocycles. The molecule has 0 saturated carbocycles. The average molecular weight is 1100 g/mol. The number of hydrogen-bond acceptors (Lipinski definition) is 6. The number of allylic oxidation sites excluding steroid dienone is 7. The summed E-state index contributed by atoms with van der Waals surface area (Å²) in [6, 6.07) is -0.910. The molecule has 454 valence electrons. The van der Waals surface area contributed by atoms with Crippen LogP contribution in [0.4, 0.5) is 0 Å². The lowest BCUT2D eigenvalue weighted by molar-refractivity contribution is -0.870. The highest BCUT2D eigenvalue weighted by atomic mass is 31.2. The summed E-state index contributed by atoms with van der Waals surface area (Å²) in [7, 11) is 1.24. The van der Waals surface area contributed by atoms with Crippen molar-refractivity contribution < 1.29 is 32.9 Å². The maximum Gasteiger partial charge on any atom is 0.268 e. The van der Waals surface area contributed by atoms with Crippen molar-refractivity contribution in [2.45, 2.75) is 341 Å². The van der Waals surface area contributed by atoms with Crippen LogP contribution in [0, 0.1) is 0 Å². The fraction of sp³-hybridized carbons (Fsp3) is 0.868. The van der Waals surface area contributed by atoms with Crippen molar-refractivity contribution >= 4 is 13.7 Å². The maximum absolute atomic E-state index is 13.0. The molecule has 3 unspecified atom stereocenters. The molecular weight excluding hydrogens is 972 g/mol.